The van der Waals surface area contributed by atoms with Gasteiger partial charge in [0.2, 0.25) is 5.88 Å². The molecule has 3 aromatic heterocycles. The molecule has 3 aromatic rings. The third-order valence-corrected chi connectivity index (χ3v) is 4.83. The van der Waals surface area contributed by atoms with Gasteiger partial charge in [-0.2, -0.15) is 0 Å². The molecule has 1 atom stereocenters. The van der Waals surface area contributed by atoms with Gasteiger partial charge in [-0.05, 0) is 12.8 Å². The van der Waals surface area contributed by atoms with Gasteiger partial charge in [0.05, 0.1) is 20.0 Å². The molecular formula is C17H22N8O. The summed E-state index contributed by atoms with van der Waals surface area (Å²) in [5, 5.41) is 8.87. The van der Waals surface area contributed by atoms with Gasteiger partial charge in [0, 0.05) is 44.5 Å². The second-order valence-electron chi connectivity index (χ2n) is 6.47. The van der Waals surface area contributed by atoms with Gasteiger partial charge in [0.25, 0.3) is 0 Å². The first kappa shape index (κ1) is 16.5. The van der Waals surface area contributed by atoms with Gasteiger partial charge in [-0.15, -0.1) is 10.2 Å². The zero-order valence-corrected chi connectivity index (χ0v) is 15.0. The summed E-state index contributed by atoms with van der Waals surface area (Å²) in [5.41, 5.74) is 0. The van der Waals surface area contributed by atoms with E-state index in [0.29, 0.717) is 18.3 Å². The van der Waals surface area contributed by atoms with Gasteiger partial charge < -0.3 is 18.8 Å². The minimum absolute atomic E-state index is 0.318. The zero-order chi connectivity index (χ0) is 17.9. The Labute approximate surface area is 151 Å². The van der Waals surface area contributed by atoms with E-state index in [1.165, 1.54) is 0 Å². The molecule has 1 fully saturated rings. The second kappa shape index (κ2) is 7.11. The van der Waals surface area contributed by atoms with Crippen LogP contribution in [0.3, 0.4) is 0 Å². The SMILES string of the molecule is COc1cc(N2CCC[C@H](c3nnc(Cn4ccnc4)n3C)C2)ncn1. The Balaban J connectivity index is 1.52. The Morgan fingerprint density at radius 2 is 2.19 bits per heavy atom. The summed E-state index contributed by atoms with van der Waals surface area (Å²) in [6.07, 6.45) is 9.21. The fourth-order valence-corrected chi connectivity index (χ4v) is 3.42. The fraction of sp³-hybridized carbons (Fsp3) is 0.471. The van der Waals surface area contributed by atoms with Crippen LogP contribution >= 0.6 is 0 Å². The second-order valence-corrected chi connectivity index (χ2v) is 6.47. The highest BCUT2D eigenvalue weighted by atomic mass is 16.5. The number of piperidine rings is 1. The predicted molar refractivity (Wildman–Crippen MR) is 95.1 cm³/mol. The number of aromatic nitrogens is 7. The van der Waals surface area contributed by atoms with Crippen LogP contribution in [0.2, 0.25) is 0 Å². The molecule has 0 bridgehead atoms. The van der Waals surface area contributed by atoms with Gasteiger partial charge in [-0.3, -0.25) is 0 Å². The van der Waals surface area contributed by atoms with Crippen molar-refractivity contribution in [1.29, 1.82) is 0 Å². The van der Waals surface area contributed by atoms with Crippen LogP contribution in [0.4, 0.5) is 5.82 Å². The van der Waals surface area contributed by atoms with Crippen LogP contribution in [0.15, 0.2) is 31.1 Å². The van der Waals surface area contributed by atoms with Crippen molar-refractivity contribution >= 4 is 5.82 Å². The van der Waals surface area contributed by atoms with Crippen molar-refractivity contribution < 1.29 is 4.74 Å². The molecule has 0 aromatic carbocycles. The minimum atomic E-state index is 0.318. The Kier molecular flexibility index (Phi) is 4.51. The van der Waals surface area contributed by atoms with Gasteiger partial charge in [-0.25, -0.2) is 15.0 Å². The highest BCUT2D eigenvalue weighted by molar-refractivity contribution is 5.41. The number of hydrogen-bond donors (Lipinski definition) is 0. The van der Waals surface area contributed by atoms with E-state index in [1.807, 2.05) is 23.9 Å². The van der Waals surface area contributed by atoms with Gasteiger partial charge >= 0.3 is 0 Å². The lowest BCUT2D eigenvalue weighted by atomic mass is 9.97. The maximum absolute atomic E-state index is 5.22. The first-order valence-electron chi connectivity index (χ1n) is 8.69. The van der Waals surface area contributed by atoms with Crippen LogP contribution in [0, 0.1) is 0 Å². The topological polar surface area (TPSA) is 86.8 Å². The number of imidazole rings is 1. The van der Waals surface area contributed by atoms with E-state index in [-0.39, 0.29) is 0 Å². The van der Waals surface area contributed by atoms with E-state index in [4.69, 9.17) is 4.74 Å². The summed E-state index contributed by atoms with van der Waals surface area (Å²) < 4.78 is 9.32. The Bertz CT molecular complexity index is 860. The van der Waals surface area contributed by atoms with Crippen LogP contribution in [0.1, 0.15) is 30.4 Å². The lowest BCUT2D eigenvalue weighted by Crippen LogP contribution is -2.36. The molecule has 4 heterocycles. The van der Waals surface area contributed by atoms with E-state index >= 15 is 0 Å². The maximum Gasteiger partial charge on any atom is 0.218 e. The number of ether oxygens (including phenoxy) is 1. The van der Waals surface area contributed by atoms with Crippen molar-refractivity contribution in [2.75, 3.05) is 25.1 Å². The molecular weight excluding hydrogens is 332 g/mol. The fourth-order valence-electron chi connectivity index (χ4n) is 3.42. The van der Waals surface area contributed by atoms with E-state index in [9.17, 15) is 0 Å². The van der Waals surface area contributed by atoms with Crippen molar-refractivity contribution in [2.45, 2.75) is 25.3 Å². The normalized spacial score (nSPS) is 17.5. The number of rotatable bonds is 5. The first-order valence-corrected chi connectivity index (χ1v) is 8.69. The van der Waals surface area contributed by atoms with Crippen molar-refractivity contribution in [3.8, 4) is 5.88 Å². The molecule has 0 spiro atoms. The third kappa shape index (κ3) is 3.24. The minimum Gasteiger partial charge on any atom is -0.481 e. The zero-order valence-electron chi connectivity index (χ0n) is 15.0. The molecule has 9 heteroatoms. The smallest absolute Gasteiger partial charge is 0.218 e. The highest BCUT2D eigenvalue weighted by Crippen LogP contribution is 2.29. The molecule has 4 rings (SSSR count). The maximum atomic E-state index is 5.22. The van der Waals surface area contributed by atoms with Crippen LogP contribution in [0.25, 0.3) is 0 Å². The molecule has 0 aliphatic carbocycles. The summed E-state index contributed by atoms with van der Waals surface area (Å²) in [6.45, 7) is 2.50. The largest absolute Gasteiger partial charge is 0.481 e. The van der Waals surface area contributed by atoms with Gasteiger partial charge in [-0.1, -0.05) is 0 Å². The molecule has 1 aliphatic rings. The summed E-state index contributed by atoms with van der Waals surface area (Å²) in [4.78, 5) is 14.8. The van der Waals surface area contributed by atoms with Crippen molar-refractivity contribution in [2.24, 2.45) is 7.05 Å². The summed E-state index contributed by atoms with van der Waals surface area (Å²) in [7, 11) is 3.65. The molecule has 9 nitrogen and oxygen atoms in total. The Morgan fingerprint density at radius 3 is 3.00 bits per heavy atom. The molecule has 136 valence electrons. The van der Waals surface area contributed by atoms with Crippen molar-refractivity contribution in [1.82, 2.24) is 34.3 Å². The molecule has 0 saturated carbocycles. The van der Waals surface area contributed by atoms with Crippen LogP contribution in [-0.2, 0) is 13.6 Å². The quantitative estimate of drug-likeness (QED) is 0.681. The summed E-state index contributed by atoms with van der Waals surface area (Å²) in [5.74, 6) is 3.74. The number of anilines is 1. The monoisotopic (exact) mass is 354 g/mol. The molecule has 1 saturated heterocycles. The van der Waals surface area contributed by atoms with E-state index in [2.05, 4.69) is 34.6 Å². The predicted octanol–water partition coefficient (Wildman–Crippen LogP) is 1.24. The molecule has 1 aliphatic heterocycles. The molecule has 0 amide bonds. The number of methoxy groups -OCH3 is 1. The molecule has 26 heavy (non-hydrogen) atoms. The first-order chi connectivity index (χ1) is 12.7. The molecule has 0 unspecified atom stereocenters. The van der Waals surface area contributed by atoms with Crippen LogP contribution < -0.4 is 9.64 Å². The number of hydrogen-bond acceptors (Lipinski definition) is 7. The Hall–Kier alpha value is -2.97. The summed E-state index contributed by atoms with van der Waals surface area (Å²) >= 11 is 0. The molecule has 0 N–H and O–H groups in total. The van der Waals surface area contributed by atoms with Crippen LogP contribution in [0.5, 0.6) is 5.88 Å². The van der Waals surface area contributed by atoms with Crippen molar-refractivity contribution in [3.63, 3.8) is 0 Å². The number of nitrogens with zero attached hydrogens (tertiary/aromatic N) is 8. The van der Waals surface area contributed by atoms with Gasteiger partial charge in [0.1, 0.15) is 18.0 Å². The summed E-state index contributed by atoms with van der Waals surface area (Å²) in [6, 6.07) is 1.88. The van der Waals surface area contributed by atoms with Crippen molar-refractivity contribution in [3.05, 3.63) is 42.8 Å². The standard InChI is InChI=1S/C17H22N8O/c1-23-15(10-24-7-5-18-12-24)21-22-17(23)13-4-3-6-25(9-13)14-8-16(26-2)20-11-19-14/h5,7-8,11-13H,3-4,6,9-10H2,1-2H3/t13-/m0/s1. The molecule has 0 radical (unpaired) electrons. The van der Waals surface area contributed by atoms with Gasteiger partial charge in [0.15, 0.2) is 5.82 Å². The average molecular weight is 354 g/mol. The van der Waals surface area contributed by atoms with E-state index in [1.54, 1.807) is 26.0 Å². The lowest BCUT2D eigenvalue weighted by molar-refractivity contribution is 0.396. The van der Waals surface area contributed by atoms with E-state index in [0.717, 1.165) is 43.4 Å². The highest BCUT2D eigenvalue weighted by Gasteiger charge is 2.27. The average Bonchev–Trinajstić information content (AvgIpc) is 3.33. The van der Waals surface area contributed by atoms with E-state index < -0.39 is 0 Å². The Morgan fingerprint density at radius 1 is 1.27 bits per heavy atom. The van der Waals surface area contributed by atoms with Crippen LogP contribution in [-0.4, -0.2) is 54.5 Å². The lowest BCUT2D eigenvalue weighted by Gasteiger charge is -2.33. The third-order valence-electron chi connectivity index (χ3n) is 4.83.